The van der Waals surface area contributed by atoms with Gasteiger partial charge in [0.15, 0.2) is 5.78 Å². The van der Waals surface area contributed by atoms with Gasteiger partial charge in [0, 0.05) is 36.6 Å². The van der Waals surface area contributed by atoms with E-state index < -0.39 is 6.04 Å². The van der Waals surface area contributed by atoms with Crippen molar-refractivity contribution in [2.75, 3.05) is 19.6 Å². The van der Waals surface area contributed by atoms with Gasteiger partial charge in [-0.2, -0.15) is 0 Å². The second-order valence-electron chi connectivity index (χ2n) is 7.76. The number of fused-ring (bicyclic) bond motifs is 2. The Kier molecular flexibility index (Phi) is 5.12. The van der Waals surface area contributed by atoms with Crippen molar-refractivity contribution in [3.63, 3.8) is 0 Å². The molecule has 0 radical (unpaired) electrons. The Bertz CT molecular complexity index is 1170. The van der Waals surface area contributed by atoms with Gasteiger partial charge in [0.25, 0.3) is 11.8 Å². The van der Waals surface area contributed by atoms with E-state index in [1.54, 1.807) is 15.9 Å². The first-order chi connectivity index (χ1) is 15.0. The van der Waals surface area contributed by atoms with Gasteiger partial charge >= 0.3 is 0 Å². The van der Waals surface area contributed by atoms with E-state index in [0.29, 0.717) is 28.6 Å². The number of thiophene rings is 1. The fraction of sp³-hybridized carbons (Fsp3) is 0.208. The van der Waals surface area contributed by atoms with Gasteiger partial charge in [0.1, 0.15) is 6.04 Å². The number of benzene rings is 2. The monoisotopic (exact) mass is 450 g/mol. The highest BCUT2D eigenvalue weighted by Gasteiger charge is 2.40. The van der Waals surface area contributed by atoms with Crippen LogP contribution < -0.4 is 0 Å². The van der Waals surface area contributed by atoms with E-state index in [-0.39, 0.29) is 30.6 Å². The van der Waals surface area contributed by atoms with Crippen molar-refractivity contribution in [2.24, 2.45) is 0 Å². The van der Waals surface area contributed by atoms with Crippen LogP contribution in [0.5, 0.6) is 0 Å². The van der Waals surface area contributed by atoms with Crippen molar-refractivity contribution in [3.05, 3.63) is 81.0 Å². The number of halogens is 1. The van der Waals surface area contributed by atoms with Crippen LogP contribution in [0.4, 0.5) is 0 Å². The minimum absolute atomic E-state index is 0.0324. The molecule has 156 valence electrons. The van der Waals surface area contributed by atoms with E-state index >= 15 is 0 Å². The highest BCUT2D eigenvalue weighted by atomic mass is 35.5. The summed E-state index contributed by atoms with van der Waals surface area (Å²) in [7, 11) is 0. The number of hydrogen-bond donors (Lipinski definition) is 0. The molecule has 1 fully saturated rings. The molecule has 31 heavy (non-hydrogen) atoms. The van der Waals surface area contributed by atoms with E-state index in [1.165, 1.54) is 11.3 Å². The van der Waals surface area contributed by atoms with Crippen molar-refractivity contribution < 1.29 is 14.4 Å². The van der Waals surface area contributed by atoms with Gasteiger partial charge < -0.3 is 9.80 Å². The van der Waals surface area contributed by atoms with Crippen LogP contribution in [0.15, 0.2) is 60.0 Å². The Morgan fingerprint density at radius 3 is 2.52 bits per heavy atom. The van der Waals surface area contributed by atoms with E-state index in [1.807, 2.05) is 53.9 Å². The number of carbonyl (C=O) groups excluding carboxylic acids is 3. The number of nitrogens with zero attached hydrogens (tertiary/aromatic N) is 2. The lowest BCUT2D eigenvalue weighted by molar-refractivity contribution is -0.124. The maximum atomic E-state index is 13.4. The Morgan fingerprint density at radius 2 is 1.77 bits per heavy atom. The van der Waals surface area contributed by atoms with Gasteiger partial charge in [-0.15, -0.1) is 11.3 Å². The number of Topliss-reactive ketones (excluding diaryl/α,β-unsaturated/α-hetero) is 1. The van der Waals surface area contributed by atoms with Crippen LogP contribution in [0, 0.1) is 0 Å². The molecule has 2 amide bonds. The van der Waals surface area contributed by atoms with Crippen molar-refractivity contribution in [2.45, 2.75) is 12.5 Å². The van der Waals surface area contributed by atoms with Crippen LogP contribution in [0.1, 0.15) is 25.6 Å². The molecule has 1 saturated heterocycles. The first-order valence-electron chi connectivity index (χ1n) is 10.1. The fourth-order valence-corrected chi connectivity index (χ4v) is 5.07. The topological polar surface area (TPSA) is 57.7 Å². The summed E-state index contributed by atoms with van der Waals surface area (Å²) in [5.74, 6) is -0.262. The maximum Gasteiger partial charge on any atom is 0.264 e. The number of amides is 2. The molecular formula is C24H19ClN2O3S. The minimum Gasteiger partial charge on any atom is -0.334 e. The van der Waals surface area contributed by atoms with Gasteiger partial charge in [-0.1, -0.05) is 41.9 Å². The molecule has 5 nitrogen and oxygen atoms in total. The molecule has 0 N–H and O–H groups in total. The highest BCUT2D eigenvalue weighted by Crippen LogP contribution is 2.29. The summed E-state index contributed by atoms with van der Waals surface area (Å²) >= 11 is 7.38. The third-order valence-corrected chi connectivity index (χ3v) is 7.02. The van der Waals surface area contributed by atoms with Crippen LogP contribution in [0.2, 0.25) is 5.02 Å². The molecule has 3 aromatic rings. The molecule has 0 bridgehead atoms. The molecule has 1 atom stereocenters. The Hall–Kier alpha value is -2.96. The summed E-state index contributed by atoms with van der Waals surface area (Å²) < 4.78 is 0. The van der Waals surface area contributed by atoms with E-state index in [2.05, 4.69) is 0 Å². The summed E-state index contributed by atoms with van der Waals surface area (Å²) in [5, 5.41) is 2.51. The normalized spacial score (nSPS) is 18.4. The summed E-state index contributed by atoms with van der Waals surface area (Å²) in [5.41, 5.74) is 3.15. The third kappa shape index (κ3) is 3.66. The second-order valence-corrected chi connectivity index (χ2v) is 9.15. The summed E-state index contributed by atoms with van der Waals surface area (Å²) in [6.45, 7) is 0.995. The van der Waals surface area contributed by atoms with Gasteiger partial charge in [0.2, 0.25) is 0 Å². The van der Waals surface area contributed by atoms with E-state index in [0.717, 1.165) is 16.7 Å². The molecule has 0 spiro atoms. The molecule has 5 rings (SSSR count). The first-order valence-corrected chi connectivity index (χ1v) is 11.3. The predicted molar refractivity (Wildman–Crippen MR) is 121 cm³/mol. The number of piperazine rings is 1. The van der Waals surface area contributed by atoms with Crippen molar-refractivity contribution in [1.82, 2.24) is 9.80 Å². The molecule has 0 saturated carbocycles. The highest BCUT2D eigenvalue weighted by molar-refractivity contribution is 7.12. The van der Waals surface area contributed by atoms with Crippen LogP contribution in [-0.2, 0) is 11.2 Å². The number of ketones is 1. The minimum atomic E-state index is -0.614. The summed E-state index contributed by atoms with van der Waals surface area (Å²) in [4.78, 5) is 43.2. The van der Waals surface area contributed by atoms with E-state index in [9.17, 15) is 14.4 Å². The molecule has 2 aromatic carbocycles. The first kappa shape index (κ1) is 20.0. The smallest absolute Gasteiger partial charge is 0.264 e. The average Bonchev–Trinajstić information content (AvgIpc) is 3.30. The van der Waals surface area contributed by atoms with Gasteiger partial charge in [0.05, 0.1) is 4.88 Å². The molecule has 7 heteroatoms. The van der Waals surface area contributed by atoms with Crippen LogP contribution >= 0.6 is 22.9 Å². The molecule has 2 aliphatic heterocycles. The molecule has 1 aromatic heterocycles. The lowest BCUT2D eigenvalue weighted by Crippen LogP contribution is -2.58. The SMILES string of the molecule is O=C1Cc2ccc(-c3ccc(Cl)cc3)cc2C(=O)N2CCN(C(=O)c3cccs3)C[C@H]12. The second kappa shape index (κ2) is 7.94. The zero-order valence-electron chi connectivity index (χ0n) is 16.6. The van der Waals surface area contributed by atoms with Crippen LogP contribution in [-0.4, -0.2) is 53.1 Å². The van der Waals surface area contributed by atoms with E-state index in [4.69, 9.17) is 11.6 Å². The largest absolute Gasteiger partial charge is 0.334 e. The number of hydrogen-bond acceptors (Lipinski definition) is 4. The van der Waals surface area contributed by atoms with Crippen molar-refractivity contribution in [1.29, 1.82) is 0 Å². The quantitative estimate of drug-likeness (QED) is 0.589. The molecule has 0 aliphatic carbocycles. The van der Waals surface area contributed by atoms with Crippen molar-refractivity contribution in [3.8, 4) is 11.1 Å². The zero-order valence-corrected chi connectivity index (χ0v) is 18.2. The third-order valence-electron chi connectivity index (χ3n) is 5.91. The molecular weight excluding hydrogens is 432 g/mol. The van der Waals surface area contributed by atoms with Gasteiger partial charge in [-0.05, 0) is 46.3 Å². The lowest BCUT2D eigenvalue weighted by atomic mass is 9.96. The molecule has 3 heterocycles. The Balaban J connectivity index is 1.44. The van der Waals surface area contributed by atoms with Gasteiger partial charge in [-0.25, -0.2) is 0 Å². The Labute approximate surface area is 188 Å². The average molecular weight is 451 g/mol. The molecule has 0 unspecified atom stereocenters. The summed E-state index contributed by atoms with van der Waals surface area (Å²) in [6, 6.07) is 16.1. The number of rotatable bonds is 2. The van der Waals surface area contributed by atoms with Crippen LogP contribution in [0.25, 0.3) is 11.1 Å². The lowest BCUT2D eigenvalue weighted by Gasteiger charge is -2.39. The standard InChI is InChI=1S/C24H19ClN2O3S/c25-18-7-5-15(6-8-18)16-3-4-17-13-21(28)20-14-26(24(30)22-2-1-11-31-22)9-10-27(20)23(29)19(17)12-16/h1-8,11-12,20H,9-10,13-14H2/t20-/m1/s1. The molecule has 2 aliphatic rings. The summed E-state index contributed by atoms with van der Waals surface area (Å²) in [6.07, 6.45) is 0.185. The Morgan fingerprint density at radius 1 is 1.00 bits per heavy atom. The predicted octanol–water partition coefficient (Wildman–Crippen LogP) is 4.16. The maximum absolute atomic E-state index is 13.4. The zero-order chi connectivity index (χ0) is 21.5. The van der Waals surface area contributed by atoms with Crippen LogP contribution in [0.3, 0.4) is 0 Å². The van der Waals surface area contributed by atoms with Gasteiger partial charge in [-0.3, -0.25) is 14.4 Å². The van der Waals surface area contributed by atoms with Crippen molar-refractivity contribution >= 4 is 40.5 Å². The number of carbonyl (C=O) groups is 3. The fourth-order valence-electron chi connectivity index (χ4n) is 4.25.